The van der Waals surface area contributed by atoms with Gasteiger partial charge in [0.25, 0.3) is 11.8 Å². The van der Waals surface area contributed by atoms with Crippen LogP contribution in [0.2, 0.25) is 0 Å². The lowest BCUT2D eigenvalue weighted by atomic mass is 10.2. The Hall–Kier alpha value is -2.70. The van der Waals surface area contributed by atoms with Crippen LogP contribution in [0.15, 0.2) is 28.9 Å². The second-order valence-corrected chi connectivity index (χ2v) is 4.95. The fourth-order valence-electron chi connectivity index (χ4n) is 1.80. The SMILES string of the molecule is Cc1cc(NC(=O)c2ccnc(C(=O)NC3CC3)c2)no1. The Labute approximate surface area is 120 Å². The van der Waals surface area contributed by atoms with E-state index in [1.807, 2.05) is 0 Å². The van der Waals surface area contributed by atoms with E-state index in [9.17, 15) is 9.59 Å². The van der Waals surface area contributed by atoms with Crippen molar-refractivity contribution in [2.75, 3.05) is 5.32 Å². The molecule has 0 unspecified atom stereocenters. The molecule has 1 fully saturated rings. The van der Waals surface area contributed by atoms with E-state index in [1.54, 1.807) is 13.0 Å². The molecule has 0 aromatic carbocycles. The van der Waals surface area contributed by atoms with Crippen molar-refractivity contribution in [3.63, 3.8) is 0 Å². The number of nitrogens with zero attached hydrogens (tertiary/aromatic N) is 2. The van der Waals surface area contributed by atoms with Crippen molar-refractivity contribution >= 4 is 17.6 Å². The highest BCUT2D eigenvalue weighted by atomic mass is 16.5. The smallest absolute Gasteiger partial charge is 0.270 e. The topological polar surface area (TPSA) is 97.1 Å². The number of nitrogens with one attached hydrogen (secondary N) is 2. The summed E-state index contributed by atoms with van der Waals surface area (Å²) in [5.41, 5.74) is 0.567. The molecule has 7 heteroatoms. The van der Waals surface area contributed by atoms with E-state index in [2.05, 4.69) is 20.8 Å². The van der Waals surface area contributed by atoms with Crippen LogP contribution in [0.5, 0.6) is 0 Å². The Balaban J connectivity index is 1.72. The van der Waals surface area contributed by atoms with Crippen molar-refractivity contribution in [3.05, 3.63) is 41.4 Å². The number of anilines is 1. The highest BCUT2D eigenvalue weighted by Gasteiger charge is 2.24. The summed E-state index contributed by atoms with van der Waals surface area (Å²) in [5.74, 6) is 0.304. The van der Waals surface area contributed by atoms with Crippen LogP contribution < -0.4 is 10.6 Å². The maximum Gasteiger partial charge on any atom is 0.270 e. The van der Waals surface area contributed by atoms with E-state index >= 15 is 0 Å². The number of carbonyl (C=O) groups excluding carboxylic acids is 2. The molecule has 2 heterocycles. The molecule has 7 nitrogen and oxygen atoms in total. The van der Waals surface area contributed by atoms with Crippen molar-refractivity contribution in [1.82, 2.24) is 15.5 Å². The minimum absolute atomic E-state index is 0.228. The molecule has 21 heavy (non-hydrogen) atoms. The molecule has 0 bridgehead atoms. The fourth-order valence-corrected chi connectivity index (χ4v) is 1.80. The summed E-state index contributed by atoms with van der Waals surface area (Å²) in [4.78, 5) is 28.0. The lowest BCUT2D eigenvalue weighted by Gasteiger charge is -2.05. The van der Waals surface area contributed by atoms with Gasteiger partial charge >= 0.3 is 0 Å². The van der Waals surface area contributed by atoms with E-state index in [4.69, 9.17) is 4.52 Å². The van der Waals surface area contributed by atoms with Crippen LogP contribution in [-0.2, 0) is 0 Å². The third-order valence-corrected chi connectivity index (χ3v) is 3.04. The summed E-state index contributed by atoms with van der Waals surface area (Å²) in [7, 11) is 0. The first-order valence-corrected chi connectivity index (χ1v) is 6.63. The first kappa shape index (κ1) is 13.3. The molecule has 2 aromatic rings. The van der Waals surface area contributed by atoms with Crippen molar-refractivity contribution in [1.29, 1.82) is 0 Å². The Morgan fingerprint density at radius 1 is 1.29 bits per heavy atom. The lowest BCUT2D eigenvalue weighted by Crippen LogP contribution is -2.26. The van der Waals surface area contributed by atoms with Crippen LogP contribution in [0.25, 0.3) is 0 Å². The number of hydrogen-bond donors (Lipinski definition) is 2. The Morgan fingerprint density at radius 2 is 2.10 bits per heavy atom. The molecular weight excluding hydrogens is 272 g/mol. The van der Waals surface area contributed by atoms with Crippen LogP contribution >= 0.6 is 0 Å². The zero-order valence-corrected chi connectivity index (χ0v) is 11.4. The quantitative estimate of drug-likeness (QED) is 0.888. The van der Waals surface area contributed by atoms with Gasteiger partial charge in [0.1, 0.15) is 11.5 Å². The number of rotatable bonds is 4. The second kappa shape index (κ2) is 5.35. The lowest BCUT2D eigenvalue weighted by molar-refractivity contribution is 0.0946. The molecule has 0 aliphatic heterocycles. The Morgan fingerprint density at radius 3 is 2.76 bits per heavy atom. The van der Waals surface area contributed by atoms with Gasteiger partial charge in [-0.1, -0.05) is 5.16 Å². The standard InChI is InChI=1S/C14H14N4O3/c1-8-6-12(18-21-8)17-13(19)9-4-5-15-11(7-9)14(20)16-10-2-3-10/h4-7,10H,2-3H2,1H3,(H,16,20)(H,17,18,19). The zero-order chi connectivity index (χ0) is 14.8. The minimum Gasteiger partial charge on any atom is -0.360 e. The van der Waals surface area contributed by atoms with Gasteiger partial charge in [0, 0.05) is 23.9 Å². The molecule has 1 saturated carbocycles. The maximum absolute atomic E-state index is 12.1. The van der Waals surface area contributed by atoms with Gasteiger partial charge in [-0.05, 0) is 31.9 Å². The molecule has 0 atom stereocenters. The average molecular weight is 286 g/mol. The molecule has 2 amide bonds. The number of aromatic nitrogens is 2. The highest BCUT2D eigenvalue weighted by molar-refractivity contribution is 6.05. The fraction of sp³-hybridized carbons (Fsp3) is 0.286. The van der Waals surface area contributed by atoms with Crippen molar-refractivity contribution in [3.8, 4) is 0 Å². The molecule has 108 valence electrons. The third kappa shape index (κ3) is 3.25. The molecular formula is C14H14N4O3. The van der Waals surface area contributed by atoms with E-state index in [0.717, 1.165) is 12.8 Å². The first-order chi connectivity index (χ1) is 10.1. The number of pyridine rings is 1. The van der Waals surface area contributed by atoms with Crippen LogP contribution in [0.4, 0.5) is 5.82 Å². The molecule has 2 aromatic heterocycles. The molecule has 0 saturated heterocycles. The molecule has 2 N–H and O–H groups in total. The van der Waals surface area contributed by atoms with Gasteiger partial charge in [-0.2, -0.15) is 0 Å². The Kier molecular flexibility index (Phi) is 3.39. The van der Waals surface area contributed by atoms with E-state index in [0.29, 0.717) is 17.1 Å². The predicted molar refractivity (Wildman–Crippen MR) is 73.9 cm³/mol. The van der Waals surface area contributed by atoms with E-state index < -0.39 is 0 Å². The second-order valence-electron chi connectivity index (χ2n) is 4.95. The van der Waals surface area contributed by atoms with Crippen LogP contribution in [0.1, 0.15) is 39.4 Å². The minimum atomic E-state index is -0.369. The third-order valence-electron chi connectivity index (χ3n) is 3.04. The van der Waals surface area contributed by atoms with Gasteiger partial charge < -0.3 is 15.2 Å². The number of aryl methyl sites for hydroxylation is 1. The van der Waals surface area contributed by atoms with E-state index in [1.165, 1.54) is 18.3 Å². The monoisotopic (exact) mass is 286 g/mol. The van der Waals surface area contributed by atoms with Gasteiger partial charge in [0.05, 0.1) is 0 Å². The van der Waals surface area contributed by atoms with Crippen LogP contribution in [-0.4, -0.2) is 28.0 Å². The maximum atomic E-state index is 12.1. The largest absolute Gasteiger partial charge is 0.360 e. The highest BCUT2D eigenvalue weighted by Crippen LogP contribution is 2.19. The average Bonchev–Trinajstić information content (AvgIpc) is 3.20. The normalized spacial score (nSPS) is 13.8. The molecule has 1 aliphatic rings. The summed E-state index contributed by atoms with van der Waals surface area (Å²) in [5, 5.41) is 9.11. The summed E-state index contributed by atoms with van der Waals surface area (Å²) in [6.45, 7) is 1.73. The van der Waals surface area contributed by atoms with Crippen molar-refractivity contribution < 1.29 is 14.1 Å². The van der Waals surface area contributed by atoms with Gasteiger partial charge in [-0.15, -0.1) is 0 Å². The summed E-state index contributed by atoms with van der Waals surface area (Å²) < 4.78 is 4.87. The molecule has 0 radical (unpaired) electrons. The summed E-state index contributed by atoms with van der Waals surface area (Å²) in [6, 6.07) is 4.85. The number of hydrogen-bond acceptors (Lipinski definition) is 5. The van der Waals surface area contributed by atoms with Gasteiger partial charge in [0.2, 0.25) is 0 Å². The van der Waals surface area contributed by atoms with Crippen LogP contribution in [0.3, 0.4) is 0 Å². The Bertz CT molecular complexity index is 691. The van der Waals surface area contributed by atoms with Gasteiger partial charge in [-0.25, -0.2) is 0 Å². The number of amides is 2. The van der Waals surface area contributed by atoms with Crippen molar-refractivity contribution in [2.45, 2.75) is 25.8 Å². The van der Waals surface area contributed by atoms with E-state index in [-0.39, 0.29) is 23.6 Å². The van der Waals surface area contributed by atoms with Crippen molar-refractivity contribution in [2.24, 2.45) is 0 Å². The van der Waals surface area contributed by atoms with Crippen LogP contribution in [0, 0.1) is 6.92 Å². The molecule has 1 aliphatic carbocycles. The first-order valence-electron chi connectivity index (χ1n) is 6.63. The zero-order valence-electron chi connectivity index (χ0n) is 11.4. The van der Waals surface area contributed by atoms with Gasteiger partial charge in [-0.3, -0.25) is 14.6 Å². The molecule has 3 rings (SSSR count). The molecule has 0 spiro atoms. The number of carbonyl (C=O) groups is 2. The predicted octanol–water partition coefficient (Wildman–Crippen LogP) is 1.52. The summed E-state index contributed by atoms with van der Waals surface area (Å²) in [6.07, 6.45) is 3.43. The summed E-state index contributed by atoms with van der Waals surface area (Å²) >= 11 is 0. The van der Waals surface area contributed by atoms with Gasteiger partial charge in [0.15, 0.2) is 5.82 Å².